The molecule has 4 nitrogen and oxygen atoms in total. The molecule has 1 heterocycles. The second kappa shape index (κ2) is 6.89. The lowest BCUT2D eigenvalue weighted by atomic mass is 9.68. The van der Waals surface area contributed by atoms with Crippen molar-refractivity contribution in [2.75, 3.05) is 0 Å². The van der Waals surface area contributed by atoms with Crippen LogP contribution in [-0.4, -0.2) is 10.9 Å². The van der Waals surface area contributed by atoms with Crippen LogP contribution in [0, 0.1) is 0 Å². The fraction of sp³-hybridized carbons (Fsp3) is 0.273. The average molecular weight is 345 g/mol. The lowest BCUT2D eigenvalue weighted by Gasteiger charge is -2.36. The predicted octanol–water partition coefficient (Wildman–Crippen LogP) is 4.09. The molecule has 1 aromatic heterocycles. The van der Waals surface area contributed by atoms with Crippen molar-refractivity contribution in [2.24, 2.45) is 5.84 Å². The van der Waals surface area contributed by atoms with Gasteiger partial charge in [-0.05, 0) is 30.5 Å². The van der Waals surface area contributed by atoms with E-state index in [1.807, 2.05) is 36.4 Å². The van der Waals surface area contributed by atoms with Crippen LogP contribution in [-0.2, 0) is 10.2 Å². The smallest absolute Gasteiger partial charge is 0.244 e. The summed E-state index contributed by atoms with van der Waals surface area (Å²) < 4.78 is 0. The first kappa shape index (κ1) is 16.7. The Bertz CT molecular complexity index is 931. The molecular formula is C22H23N3O. The molecule has 1 aliphatic rings. The third-order valence-electron chi connectivity index (χ3n) is 5.59. The summed E-state index contributed by atoms with van der Waals surface area (Å²) in [5, 5.41) is 1.04. The zero-order chi connectivity index (χ0) is 18.0. The summed E-state index contributed by atoms with van der Waals surface area (Å²) in [7, 11) is 0. The van der Waals surface area contributed by atoms with Crippen molar-refractivity contribution >= 4 is 16.8 Å². The van der Waals surface area contributed by atoms with Gasteiger partial charge in [0.1, 0.15) is 0 Å². The molecule has 3 N–H and O–H groups in total. The van der Waals surface area contributed by atoms with Gasteiger partial charge in [-0.15, -0.1) is 0 Å². The van der Waals surface area contributed by atoms with Crippen LogP contribution in [0.1, 0.15) is 37.7 Å². The number of aromatic nitrogens is 1. The minimum Gasteiger partial charge on any atom is -0.293 e. The Balaban J connectivity index is 1.86. The monoisotopic (exact) mass is 345 g/mol. The van der Waals surface area contributed by atoms with Gasteiger partial charge in [0.25, 0.3) is 0 Å². The summed E-state index contributed by atoms with van der Waals surface area (Å²) in [6, 6.07) is 20.4. The molecule has 0 aliphatic heterocycles. The molecule has 4 heteroatoms. The molecule has 1 fully saturated rings. The summed E-state index contributed by atoms with van der Waals surface area (Å²) in [5.41, 5.74) is 5.86. The van der Waals surface area contributed by atoms with Crippen molar-refractivity contribution < 1.29 is 4.79 Å². The fourth-order valence-electron chi connectivity index (χ4n) is 4.25. The molecule has 0 saturated heterocycles. The first-order chi connectivity index (χ1) is 12.7. The molecule has 0 atom stereocenters. The highest BCUT2D eigenvalue weighted by Crippen LogP contribution is 2.42. The number of pyridine rings is 1. The van der Waals surface area contributed by atoms with Crippen LogP contribution < -0.4 is 11.3 Å². The summed E-state index contributed by atoms with van der Waals surface area (Å²) in [4.78, 5) is 17.6. The second-order valence-electron chi connectivity index (χ2n) is 7.05. The van der Waals surface area contributed by atoms with E-state index in [1.165, 1.54) is 6.42 Å². The summed E-state index contributed by atoms with van der Waals surface area (Å²) in [6.07, 6.45) is 4.91. The van der Waals surface area contributed by atoms with Crippen LogP contribution in [0.15, 0.2) is 60.7 Å². The van der Waals surface area contributed by atoms with E-state index in [0.717, 1.165) is 53.4 Å². The first-order valence-electron chi connectivity index (χ1n) is 9.21. The maximum absolute atomic E-state index is 12.8. The molecule has 0 spiro atoms. The van der Waals surface area contributed by atoms with Crippen molar-refractivity contribution in [3.8, 4) is 11.3 Å². The van der Waals surface area contributed by atoms with E-state index in [0.29, 0.717) is 0 Å². The lowest BCUT2D eigenvalue weighted by Crippen LogP contribution is -2.48. The number of benzene rings is 2. The standard InChI is InChI=1S/C22H23N3O/c23-25-21(26)22(14-5-2-6-15-22)18-10-7-11-20-17(18)12-13-19(24-20)16-8-3-1-4-9-16/h1,3-4,7-13H,2,5-6,14-15,23H2,(H,25,26). The molecule has 1 aliphatic carbocycles. The van der Waals surface area contributed by atoms with Gasteiger partial charge in [0.2, 0.25) is 5.91 Å². The molecule has 26 heavy (non-hydrogen) atoms. The normalized spacial score (nSPS) is 16.3. The van der Waals surface area contributed by atoms with Gasteiger partial charge in [0, 0.05) is 10.9 Å². The van der Waals surface area contributed by atoms with Gasteiger partial charge in [0.05, 0.1) is 16.6 Å². The number of nitrogens with zero attached hydrogens (tertiary/aromatic N) is 1. The number of nitrogens with one attached hydrogen (secondary N) is 1. The van der Waals surface area contributed by atoms with E-state index in [-0.39, 0.29) is 5.91 Å². The summed E-state index contributed by atoms with van der Waals surface area (Å²) >= 11 is 0. The van der Waals surface area contributed by atoms with Crippen molar-refractivity contribution in [1.82, 2.24) is 10.4 Å². The Kier molecular flexibility index (Phi) is 4.43. The SMILES string of the molecule is NNC(=O)C1(c2cccc3nc(-c4ccccc4)ccc23)CCCCC1. The van der Waals surface area contributed by atoms with E-state index in [4.69, 9.17) is 10.8 Å². The van der Waals surface area contributed by atoms with Crippen molar-refractivity contribution in [1.29, 1.82) is 0 Å². The number of carbonyl (C=O) groups is 1. The lowest BCUT2D eigenvalue weighted by molar-refractivity contribution is -0.128. The van der Waals surface area contributed by atoms with E-state index in [9.17, 15) is 4.79 Å². The highest BCUT2D eigenvalue weighted by Gasteiger charge is 2.41. The second-order valence-corrected chi connectivity index (χ2v) is 7.05. The Morgan fingerprint density at radius 2 is 1.69 bits per heavy atom. The highest BCUT2D eigenvalue weighted by atomic mass is 16.2. The predicted molar refractivity (Wildman–Crippen MR) is 104 cm³/mol. The molecule has 1 saturated carbocycles. The van der Waals surface area contributed by atoms with Crippen molar-refractivity contribution in [2.45, 2.75) is 37.5 Å². The summed E-state index contributed by atoms with van der Waals surface area (Å²) in [6.45, 7) is 0. The van der Waals surface area contributed by atoms with Gasteiger partial charge in [-0.1, -0.05) is 67.8 Å². The number of hydrazine groups is 1. The van der Waals surface area contributed by atoms with Gasteiger partial charge >= 0.3 is 0 Å². The molecule has 2 aromatic carbocycles. The van der Waals surface area contributed by atoms with E-state index < -0.39 is 5.41 Å². The first-order valence-corrected chi connectivity index (χ1v) is 9.21. The number of fused-ring (bicyclic) bond motifs is 1. The van der Waals surface area contributed by atoms with E-state index in [2.05, 4.69) is 29.7 Å². The number of hydrogen-bond donors (Lipinski definition) is 2. The maximum Gasteiger partial charge on any atom is 0.244 e. The molecule has 0 radical (unpaired) electrons. The minimum atomic E-state index is -0.553. The van der Waals surface area contributed by atoms with E-state index in [1.54, 1.807) is 0 Å². The zero-order valence-electron chi connectivity index (χ0n) is 14.7. The van der Waals surface area contributed by atoms with Gasteiger partial charge in [-0.25, -0.2) is 10.8 Å². The summed E-state index contributed by atoms with van der Waals surface area (Å²) in [5.74, 6) is 5.47. The molecule has 132 valence electrons. The quantitative estimate of drug-likeness (QED) is 0.427. The Labute approximate surface area is 153 Å². The Hall–Kier alpha value is -2.72. The molecular weight excluding hydrogens is 322 g/mol. The number of nitrogens with two attached hydrogens (primary N) is 1. The van der Waals surface area contributed by atoms with Gasteiger partial charge in [-0.2, -0.15) is 0 Å². The number of hydrogen-bond acceptors (Lipinski definition) is 3. The average Bonchev–Trinajstić information content (AvgIpc) is 2.73. The van der Waals surface area contributed by atoms with Gasteiger partial charge in [0.15, 0.2) is 0 Å². The van der Waals surface area contributed by atoms with Crippen LogP contribution >= 0.6 is 0 Å². The molecule has 0 unspecified atom stereocenters. The van der Waals surface area contributed by atoms with E-state index >= 15 is 0 Å². The maximum atomic E-state index is 12.8. The van der Waals surface area contributed by atoms with Crippen LogP contribution in [0.2, 0.25) is 0 Å². The molecule has 3 aromatic rings. The van der Waals surface area contributed by atoms with Gasteiger partial charge < -0.3 is 0 Å². The van der Waals surface area contributed by atoms with Crippen LogP contribution in [0.25, 0.3) is 22.2 Å². The van der Waals surface area contributed by atoms with Crippen LogP contribution in [0.5, 0.6) is 0 Å². The van der Waals surface area contributed by atoms with Crippen LogP contribution in [0.4, 0.5) is 0 Å². The molecule has 4 rings (SSSR count). The Morgan fingerprint density at radius 1 is 0.923 bits per heavy atom. The fourth-order valence-corrected chi connectivity index (χ4v) is 4.25. The van der Waals surface area contributed by atoms with Gasteiger partial charge in [-0.3, -0.25) is 10.2 Å². The zero-order valence-corrected chi connectivity index (χ0v) is 14.7. The van der Waals surface area contributed by atoms with Crippen molar-refractivity contribution in [3.05, 3.63) is 66.2 Å². The number of amides is 1. The third-order valence-corrected chi connectivity index (χ3v) is 5.59. The minimum absolute atomic E-state index is 0.0863. The molecule has 1 amide bonds. The van der Waals surface area contributed by atoms with Crippen molar-refractivity contribution in [3.63, 3.8) is 0 Å². The largest absolute Gasteiger partial charge is 0.293 e. The topological polar surface area (TPSA) is 68.0 Å². The molecule has 0 bridgehead atoms. The number of carbonyl (C=O) groups excluding carboxylic acids is 1. The number of rotatable bonds is 3. The van der Waals surface area contributed by atoms with Crippen LogP contribution in [0.3, 0.4) is 0 Å². The Morgan fingerprint density at radius 3 is 2.42 bits per heavy atom. The third kappa shape index (κ3) is 2.76. The highest BCUT2D eigenvalue weighted by molar-refractivity contribution is 5.95.